The van der Waals surface area contributed by atoms with E-state index in [2.05, 4.69) is 0 Å². The van der Waals surface area contributed by atoms with E-state index in [1.54, 1.807) is 0 Å². The van der Waals surface area contributed by atoms with E-state index < -0.39 is 9.73 Å². The van der Waals surface area contributed by atoms with Crippen LogP contribution >= 0.6 is 0 Å². The molecule has 0 bridgehead atoms. The molecule has 0 amide bonds. The maximum atomic E-state index is 10.5. The van der Waals surface area contributed by atoms with Gasteiger partial charge in [0.1, 0.15) is 0 Å². The quantitative estimate of drug-likeness (QED) is 0.508. The normalized spacial score (nSPS) is 44.6. The van der Waals surface area contributed by atoms with Gasteiger partial charge >= 0.3 is 0 Å². The van der Waals surface area contributed by atoms with Crippen LogP contribution in [0.5, 0.6) is 0 Å². The first-order valence-electron chi connectivity index (χ1n) is 2.28. The summed E-state index contributed by atoms with van der Waals surface area (Å²) in [5.74, 6) is 0.493. The minimum atomic E-state index is -2.27. The predicted molar refractivity (Wildman–Crippen MR) is 29.7 cm³/mol. The molecule has 0 aliphatic carbocycles. The fraction of sp³-hybridized carbons (Fsp3) is 0.750. The van der Waals surface area contributed by atoms with Gasteiger partial charge in [-0.1, -0.05) is 0 Å². The lowest BCUT2D eigenvalue weighted by atomic mass is 10.2. The number of hydrogen-bond donors (Lipinski definition) is 1. The lowest BCUT2D eigenvalue weighted by molar-refractivity contribution is 0.639. The summed E-state index contributed by atoms with van der Waals surface area (Å²) >= 11 is 0. The summed E-state index contributed by atoms with van der Waals surface area (Å²) in [5, 5.41) is 8.16. The van der Waals surface area contributed by atoms with Crippen LogP contribution in [0.4, 0.5) is 0 Å². The molecule has 0 aromatic heterocycles. The molecule has 0 radical (unpaired) electrons. The second-order valence-electron chi connectivity index (χ2n) is 1.97. The zero-order valence-electron chi connectivity index (χ0n) is 4.26. The average molecular weight is 130 g/mol. The maximum Gasteiger partial charge on any atom is 0.0710 e. The van der Waals surface area contributed by atoms with Crippen LogP contribution < -0.4 is 0 Å². The number of nitriles is 1. The Hall–Kier alpha value is -0.560. The Morgan fingerprint density at radius 2 is 2.25 bits per heavy atom. The molecule has 0 atom stereocenters. The fourth-order valence-electron chi connectivity index (χ4n) is 0.676. The lowest BCUT2D eigenvalue weighted by Crippen LogP contribution is -2.33. The minimum Gasteiger partial charge on any atom is -0.253 e. The molecule has 0 unspecified atom stereocenters. The van der Waals surface area contributed by atoms with E-state index >= 15 is 0 Å². The number of nitrogens with one attached hydrogen (secondary N) is 1. The first kappa shape index (κ1) is 5.57. The molecule has 3 nitrogen and oxygen atoms in total. The van der Waals surface area contributed by atoms with Crippen molar-refractivity contribution < 1.29 is 4.21 Å². The number of hydrogen-bond acceptors (Lipinski definition) is 3. The molecule has 4 heteroatoms. The van der Waals surface area contributed by atoms with E-state index in [9.17, 15) is 4.21 Å². The van der Waals surface area contributed by atoms with Gasteiger partial charge in [-0.3, -0.25) is 4.78 Å². The van der Waals surface area contributed by atoms with Crippen molar-refractivity contribution in [2.75, 3.05) is 11.5 Å². The number of rotatable bonds is 0. The highest BCUT2D eigenvalue weighted by Gasteiger charge is 2.29. The molecule has 0 saturated carbocycles. The van der Waals surface area contributed by atoms with Crippen molar-refractivity contribution in [1.82, 2.24) is 0 Å². The number of nitrogens with zero attached hydrogens (tertiary/aromatic N) is 1. The van der Waals surface area contributed by atoms with E-state index in [-0.39, 0.29) is 5.92 Å². The van der Waals surface area contributed by atoms with Crippen LogP contribution in [0.2, 0.25) is 0 Å². The standard InChI is InChI=1S/C4H6N2OS/c5-1-4-2-8(6,7)3-4/h4,6H,2-3H2. The summed E-state index contributed by atoms with van der Waals surface area (Å²) < 4.78 is 17.4. The van der Waals surface area contributed by atoms with Gasteiger partial charge in [0.25, 0.3) is 0 Å². The lowest BCUT2D eigenvalue weighted by Gasteiger charge is -2.21. The monoisotopic (exact) mass is 130 g/mol. The Kier molecular flexibility index (Phi) is 1.01. The van der Waals surface area contributed by atoms with Gasteiger partial charge < -0.3 is 0 Å². The van der Waals surface area contributed by atoms with Crippen LogP contribution in [-0.4, -0.2) is 15.7 Å². The van der Waals surface area contributed by atoms with E-state index in [0.29, 0.717) is 11.5 Å². The van der Waals surface area contributed by atoms with Crippen molar-refractivity contribution in [1.29, 1.82) is 10.0 Å². The highest BCUT2D eigenvalue weighted by molar-refractivity contribution is 7.93. The molecule has 1 saturated heterocycles. The van der Waals surface area contributed by atoms with Crippen molar-refractivity contribution >= 4 is 9.73 Å². The molecule has 0 aromatic rings. The van der Waals surface area contributed by atoms with Crippen LogP contribution in [0.3, 0.4) is 0 Å². The van der Waals surface area contributed by atoms with Gasteiger partial charge in [0.2, 0.25) is 0 Å². The SMILES string of the molecule is N#CC1CS(=N)(=O)C1. The third-order valence-corrected chi connectivity index (χ3v) is 3.01. The van der Waals surface area contributed by atoms with Crippen LogP contribution in [0.25, 0.3) is 0 Å². The average Bonchev–Trinajstić information content (AvgIpc) is 1.60. The zero-order valence-corrected chi connectivity index (χ0v) is 5.07. The van der Waals surface area contributed by atoms with Crippen LogP contribution in [0.15, 0.2) is 0 Å². The van der Waals surface area contributed by atoms with Crippen molar-refractivity contribution in [3.63, 3.8) is 0 Å². The molecule has 0 spiro atoms. The van der Waals surface area contributed by atoms with E-state index in [4.69, 9.17) is 10.0 Å². The predicted octanol–water partition coefficient (Wildman–Crippen LogP) is 0.187. The van der Waals surface area contributed by atoms with E-state index in [0.717, 1.165) is 0 Å². The summed E-state index contributed by atoms with van der Waals surface area (Å²) in [6, 6.07) is 1.96. The summed E-state index contributed by atoms with van der Waals surface area (Å²) in [6.45, 7) is 0. The van der Waals surface area contributed by atoms with Gasteiger partial charge in [0, 0.05) is 21.2 Å². The molecule has 1 aliphatic rings. The summed E-state index contributed by atoms with van der Waals surface area (Å²) in [6.07, 6.45) is 0. The van der Waals surface area contributed by atoms with Gasteiger partial charge in [0.05, 0.1) is 12.0 Å². The smallest absolute Gasteiger partial charge is 0.0710 e. The Morgan fingerprint density at radius 1 is 1.75 bits per heavy atom. The summed E-state index contributed by atoms with van der Waals surface area (Å²) in [4.78, 5) is 0. The molecule has 1 fully saturated rings. The molecule has 1 aliphatic heterocycles. The van der Waals surface area contributed by atoms with E-state index in [1.165, 1.54) is 0 Å². The second kappa shape index (κ2) is 1.46. The molecule has 0 aromatic carbocycles. The Balaban J connectivity index is 2.59. The second-order valence-corrected chi connectivity index (χ2v) is 4.26. The Bertz CT molecular complexity index is 211. The van der Waals surface area contributed by atoms with Gasteiger partial charge in [-0.2, -0.15) is 5.26 Å². The third kappa shape index (κ3) is 0.819. The first-order valence-corrected chi connectivity index (χ1v) is 4.17. The molecular formula is C4H6N2OS. The highest BCUT2D eigenvalue weighted by atomic mass is 32.2. The van der Waals surface area contributed by atoms with Crippen LogP contribution in [-0.2, 0) is 9.73 Å². The maximum absolute atomic E-state index is 10.5. The molecule has 44 valence electrons. The molecule has 1 rings (SSSR count). The molecular weight excluding hydrogens is 124 g/mol. The van der Waals surface area contributed by atoms with Crippen molar-refractivity contribution in [2.45, 2.75) is 0 Å². The van der Waals surface area contributed by atoms with Crippen LogP contribution in [0, 0.1) is 22.0 Å². The van der Waals surface area contributed by atoms with Crippen molar-refractivity contribution in [3.05, 3.63) is 0 Å². The van der Waals surface area contributed by atoms with E-state index in [1.807, 2.05) is 6.07 Å². The Morgan fingerprint density at radius 3 is 2.38 bits per heavy atom. The van der Waals surface area contributed by atoms with Gasteiger partial charge in [-0.25, -0.2) is 4.21 Å². The minimum absolute atomic E-state index is 0.0972. The van der Waals surface area contributed by atoms with Crippen LogP contribution in [0.1, 0.15) is 0 Å². The largest absolute Gasteiger partial charge is 0.253 e. The van der Waals surface area contributed by atoms with Crippen molar-refractivity contribution in [2.24, 2.45) is 5.92 Å². The topological polar surface area (TPSA) is 64.7 Å². The van der Waals surface area contributed by atoms with Gasteiger partial charge in [-0.05, 0) is 0 Å². The van der Waals surface area contributed by atoms with Gasteiger partial charge in [0.15, 0.2) is 0 Å². The Labute approximate surface area is 48.3 Å². The zero-order chi connectivity index (χ0) is 6.20. The molecule has 1 heterocycles. The first-order chi connectivity index (χ1) is 3.64. The summed E-state index contributed by atoms with van der Waals surface area (Å²) in [5.41, 5.74) is 0. The third-order valence-electron chi connectivity index (χ3n) is 1.12. The summed E-state index contributed by atoms with van der Waals surface area (Å²) in [7, 11) is -2.27. The highest BCUT2D eigenvalue weighted by Crippen LogP contribution is 2.16. The van der Waals surface area contributed by atoms with Gasteiger partial charge in [-0.15, -0.1) is 0 Å². The molecule has 8 heavy (non-hydrogen) atoms. The molecule has 1 N–H and O–H groups in total. The fourth-order valence-corrected chi connectivity index (χ4v) is 2.03. The van der Waals surface area contributed by atoms with Crippen molar-refractivity contribution in [3.8, 4) is 6.07 Å².